The fourth-order valence-electron chi connectivity index (χ4n) is 2.49. The van der Waals surface area contributed by atoms with Crippen LogP contribution in [0.4, 0.5) is 19.3 Å². The number of likely N-dealkylation sites (N-methyl/N-ethyl adjacent to an activating group) is 1. The van der Waals surface area contributed by atoms with Gasteiger partial charge in [-0.3, -0.25) is 0 Å². The van der Waals surface area contributed by atoms with Gasteiger partial charge in [-0.25, -0.2) is 13.6 Å². The van der Waals surface area contributed by atoms with Gasteiger partial charge in [0.2, 0.25) is 0 Å². The first-order chi connectivity index (χ1) is 9.61. The number of halogens is 2. The van der Waals surface area contributed by atoms with Crippen molar-refractivity contribution in [3.63, 3.8) is 0 Å². The first-order valence-electron chi connectivity index (χ1n) is 6.79. The Kier molecular flexibility index (Phi) is 4.89. The molecule has 1 fully saturated rings. The monoisotopic (exact) mass is 283 g/mol. The fraction of sp³-hybridized carbons (Fsp3) is 0.500. The van der Waals surface area contributed by atoms with Crippen LogP contribution in [0, 0.1) is 11.6 Å². The fourth-order valence-corrected chi connectivity index (χ4v) is 2.49. The lowest BCUT2D eigenvalue weighted by molar-refractivity contribution is 0.162. The van der Waals surface area contributed by atoms with Crippen molar-refractivity contribution in [1.29, 1.82) is 0 Å². The number of hydrogen-bond donors (Lipinski definition) is 2. The van der Waals surface area contributed by atoms with E-state index in [0.717, 1.165) is 31.4 Å². The Bertz CT molecular complexity index is 479. The number of anilines is 1. The zero-order valence-electron chi connectivity index (χ0n) is 11.5. The summed E-state index contributed by atoms with van der Waals surface area (Å²) in [6, 6.07) is 2.89. The van der Waals surface area contributed by atoms with Gasteiger partial charge in [-0.15, -0.1) is 0 Å². The molecule has 110 valence electrons. The summed E-state index contributed by atoms with van der Waals surface area (Å²) in [7, 11) is 1.84. The summed E-state index contributed by atoms with van der Waals surface area (Å²) in [5.41, 5.74) is 0.00480. The Morgan fingerprint density at radius 2 is 2.20 bits per heavy atom. The number of hydrogen-bond acceptors (Lipinski definition) is 2. The van der Waals surface area contributed by atoms with Gasteiger partial charge >= 0.3 is 6.03 Å². The molecule has 1 aromatic carbocycles. The molecule has 1 aromatic rings. The number of benzene rings is 1. The largest absolute Gasteiger partial charge is 0.322 e. The summed E-state index contributed by atoms with van der Waals surface area (Å²) in [5, 5.41) is 5.57. The molecule has 1 aliphatic heterocycles. The number of likely N-dealkylation sites (tertiary alicyclic amines) is 1. The average Bonchev–Trinajstić information content (AvgIpc) is 2.43. The van der Waals surface area contributed by atoms with Crippen LogP contribution in [0.1, 0.15) is 19.3 Å². The predicted molar refractivity (Wildman–Crippen MR) is 73.6 cm³/mol. The van der Waals surface area contributed by atoms with Crippen molar-refractivity contribution >= 4 is 11.7 Å². The third kappa shape index (κ3) is 3.45. The van der Waals surface area contributed by atoms with Gasteiger partial charge in [0.15, 0.2) is 0 Å². The molecule has 0 saturated carbocycles. The lowest BCUT2D eigenvalue weighted by Crippen LogP contribution is -2.49. The summed E-state index contributed by atoms with van der Waals surface area (Å²) >= 11 is 0. The molecule has 6 heteroatoms. The Morgan fingerprint density at radius 3 is 2.90 bits per heavy atom. The van der Waals surface area contributed by atoms with E-state index in [1.165, 1.54) is 6.07 Å². The normalized spacial score (nSPS) is 18.9. The highest BCUT2D eigenvalue weighted by Gasteiger charge is 2.26. The molecule has 0 aliphatic carbocycles. The second-order valence-electron chi connectivity index (χ2n) is 4.95. The van der Waals surface area contributed by atoms with Crippen LogP contribution < -0.4 is 10.6 Å². The number of piperidine rings is 1. The van der Waals surface area contributed by atoms with Crippen LogP contribution >= 0.6 is 0 Å². The molecule has 2 N–H and O–H groups in total. The number of rotatable bonds is 3. The number of carbonyl (C=O) groups excluding carboxylic acids is 1. The van der Waals surface area contributed by atoms with Gasteiger partial charge in [-0.1, -0.05) is 0 Å². The molecule has 1 unspecified atom stereocenters. The standard InChI is InChI=1S/C14H19F2N3O/c1-17-9-11-4-2-3-7-19(11)14(20)18-13-6-5-10(15)8-12(13)16/h5-6,8,11,17H,2-4,7,9H2,1H3,(H,18,20). The maximum atomic E-state index is 13.5. The highest BCUT2D eigenvalue weighted by Crippen LogP contribution is 2.20. The van der Waals surface area contributed by atoms with Crippen molar-refractivity contribution < 1.29 is 13.6 Å². The topological polar surface area (TPSA) is 44.4 Å². The summed E-state index contributed by atoms with van der Waals surface area (Å²) in [5.74, 6) is -1.42. The van der Waals surface area contributed by atoms with Crippen molar-refractivity contribution in [2.24, 2.45) is 0 Å². The zero-order chi connectivity index (χ0) is 14.5. The predicted octanol–water partition coefficient (Wildman–Crippen LogP) is 2.57. The SMILES string of the molecule is CNCC1CCCCN1C(=O)Nc1ccc(F)cc1F. The van der Waals surface area contributed by atoms with Crippen molar-refractivity contribution in [3.05, 3.63) is 29.8 Å². The van der Waals surface area contributed by atoms with E-state index >= 15 is 0 Å². The zero-order valence-corrected chi connectivity index (χ0v) is 11.5. The lowest BCUT2D eigenvalue weighted by Gasteiger charge is -2.35. The van der Waals surface area contributed by atoms with Crippen LogP contribution in [0.25, 0.3) is 0 Å². The van der Waals surface area contributed by atoms with Gasteiger partial charge in [0.05, 0.1) is 5.69 Å². The molecule has 20 heavy (non-hydrogen) atoms. The quantitative estimate of drug-likeness (QED) is 0.895. The number of nitrogens with zero attached hydrogens (tertiary/aromatic N) is 1. The molecule has 1 atom stereocenters. The van der Waals surface area contributed by atoms with E-state index in [1.807, 2.05) is 7.05 Å². The van der Waals surface area contributed by atoms with Crippen molar-refractivity contribution in [2.75, 3.05) is 25.5 Å². The van der Waals surface area contributed by atoms with Gasteiger partial charge in [0.1, 0.15) is 11.6 Å². The number of nitrogens with one attached hydrogen (secondary N) is 2. The Hall–Kier alpha value is -1.69. The lowest BCUT2D eigenvalue weighted by atomic mass is 10.0. The number of urea groups is 1. The minimum Gasteiger partial charge on any atom is -0.320 e. The average molecular weight is 283 g/mol. The van der Waals surface area contributed by atoms with Crippen molar-refractivity contribution in [1.82, 2.24) is 10.2 Å². The van der Waals surface area contributed by atoms with E-state index < -0.39 is 11.6 Å². The molecule has 1 aliphatic rings. The van der Waals surface area contributed by atoms with Crippen LogP contribution in [0.2, 0.25) is 0 Å². The highest BCUT2D eigenvalue weighted by molar-refractivity contribution is 5.89. The molecule has 1 heterocycles. The molecule has 0 radical (unpaired) electrons. The van der Waals surface area contributed by atoms with Crippen LogP contribution in [0.15, 0.2) is 18.2 Å². The molecule has 2 rings (SSSR count). The Labute approximate surface area is 117 Å². The molecular formula is C14H19F2N3O. The van der Waals surface area contributed by atoms with E-state index in [2.05, 4.69) is 10.6 Å². The molecule has 4 nitrogen and oxygen atoms in total. The van der Waals surface area contributed by atoms with Crippen LogP contribution in [0.3, 0.4) is 0 Å². The molecule has 0 spiro atoms. The van der Waals surface area contributed by atoms with Gasteiger partial charge < -0.3 is 15.5 Å². The third-order valence-corrected chi connectivity index (χ3v) is 3.50. The minimum atomic E-state index is -0.763. The summed E-state index contributed by atoms with van der Waals surface area (Å²) in [6.45, 7) is 1.36. The first-order valence-corrected chi connectivity index (χ1v) is 6.79. The van der Waals surface area contributed by atoms with Crippen LogP contribution in [0.5, 0.6) is 0 Å². The molecule has 0 bridgehead atoms. The maximum Gasteiger partial charge on any atom is 0.322 e. The van der Waals surface area contributed by atoms with Crippen molar-refractivity contribution in [3.8, 4) is 0 Å². The number of carbonyl (C=O) groups is 1. The van der Waals surface area contributed by atoms with Crippen molar-refractivity contribution in [2.45, 2.75) is 25.3 Å². The summed E-state index contributed by atoms with van der Waals surface area (Å²) in [4.78, 5) is 13.9. The molecule has 1 saturated heterocycles. The first kappa shape index (κ1) is 14.7. The second kappa shape index (κ2) is 6.65. The summed E-state index contributed by atoms with van der Waals surface area (Å²) in [6.07, 6.45) is 2.96. The molecule has 0 aromatic heterocycles. The Balaban J connectivity index is 2.05. The maximum absolute atomic E-state index is 13.5. The second-order valence-corrected chi connectivity index (χ2v) is 4.95. The molecule has 2 amide bonds. The van der Waals surface area contributed by atoms with E-state index in [1.54, 1.807) is 4.90 Å². The van der Waals surface area contributed by atoms with Gasteiger partial charge in [0.25, 0.3) is 0 Å². The van der Waals surface area contributed by atoms with E-state index in [-0.39, 0.29) is 17.8 Å². The molecular weight excluding hydrogens is 264 g/mol. The number of amides is 2. The van der Waals surface area contributed by atoms with Gasteiger partial charge in [-0.05, 0) is 38.4 Å². The Morgan fingerprint density at radius 1 is 1.40 bits per heavy atom. The van der Waals surface area contributed by atoms with Gasteiger partial charge in [-0.2, -0.15) is 0 Å². The van der Waals surface area contributed by atoms with E-state index in [0.29, 0.717) is 13.1 Å². The smallest absolute Gasteiger partial charge is 0.320 e. The van der Waals surface area contributed by atoms with Crippen LogP contribution in [-0.2, 0) is 0 Å². The summed E-state index contributed by atoms with van der Waals surface area (Å²) < 4.78 is 26.4. The van der Waals surface area contributed by atoms with E-state index in [9.17, 15) is 13.6 Å². The third-order valence-electron chi connectivity index (χ3n) is 3.50. The highest BCUT2D eigenvalue weighted by atomic mass is 19.1. The van der Waals surface area contributed by atoms with Gasteiger partial charge in [0, 0.05) is 25.2 Å². The minimum absolute atomic E-state index is 0.00480. The van der Waals surface area contributed by atoms with E-state index in [4.69, 9.17) is 0 Å². The van der Waals surface area contributed by atoms with Crippen LogP contribution in [-0.4, -0.2) is 37.1 Å².